The number of carbonyl (C=O) groups is 1. The van der Waals surface area contributed by atoms with Gasteiger partial charge in [-0.25, -0.2) is 0 Å². The highest BCUT2D eigenvalue weighted by Gasteiger charge is 2.37. The van der Waals surface area contributed by atoms with Crippen LogP contribution in [0.1, 0.15) is 50.7 Å². The number of hydrogen-bond acceptors (Lipinski definition) is 4. The van der Waals surface area contributed by atoms with Crippen LogP contribution >= 0.6 is 0 Å². The Hall–Kier alpha value is -1.59. The number of nitrogens with one attached hydrogen (secondary N) is 1. The third kappa shape index (κ3) is 5.72. The number of aryl methyl sites for hydroxylation is 1. The van der Waals surface area contributed by atoms with Crippen molar-refractivity contribution in [3.63, 3.8) is 0 Å². The van der Waals surface area contributed by atoms with Crippen molar-refractivity contribution in [2.24, 2.45) is 11.7 Å². The van der Waals surface area contributed by atoms with Crippen LogP contribution in [0.15, 0.2) is 18.2 Å². The van der Waals surface area contributed by atoms with Crippen LogP contribution in [0.25, 0.3) is 0 Å². The average Bonchev–Trinajstić information content (AvgIpc) is 2.57. The predicted octanol–water partition coefficient (Wildman–Crippen LogP) is 2.93. The Kier molecular flexibility index (Phi) is 7.26. The maximum absolute atomic E-state index is 12.6. The standard InChI is InChI=1S/C20H32N2O3/c1-4-24-11-12-25-18-13-15(2)8-9-16(18)14-22-19(23)17-7-5-6-10-20(17,3)21/h8-9,13,17H,4-7,10-12,14,21H2,1-3H3,(H,22,23). The highest BCUT2D eigenvalue weighted by Crippen LogP contribution is 2.31. The number of benzene rings is 1. The van der Waals surface area contributed by atoms with E-state index in [0.29, 0.717) is 26.4 Å². The Labute approximate surface area is 151 Å². The van der Waals surface area contributed by atoms with Gasteiger partial charge in [-0.2, -0.15) is 0 Å². The molecule has 140 valence electrons. The van der Waals surface area contributed by atoms with E-state index < -0.39 is 5.54 Å². The zero-order chi connectivity index (χ0) is 18.3. The third-order valence-corrected chi connectivity index (χ3v) is 4.94. The maximum Gasteiger partial charge on any atom is 0.225 e. The zero-order valence-corrected chi connectivity index (χ0v) is 15.8. The molecule has 2 rings (SSSR count). The van der Waals surface area contributed by atoms with Crippen LogP contribution in [0.3, 0.4) is 0 Å². The van der Waals surface area contributed by atoms with Crippen LogP contribution in [0, 0.1) is 12.8 Å². The zero-order valence-electron chi connectivity index (χ0n) is 15.8. The molecule has 2 atom stereocenters. The third-order valence-electron chi connectivity index (χ3n) is 4.94. The molecule has 0 aromatic heterocycles. The van der Waals surface area contributed by atoms with E-state index in [2.05, 4.69) is 5.32 Å². The summed E-state index contributed by atoms with van der Waals surface area (Å²) in [5, 5.41) is 3.06. The van der Waals surface area contributed by atoms with Crippen LogP contribution in [0.5, 0.6) is 5.75 Å². The minimum atomic E-state index is -0.410. The first-order valence-electron chi connectivity index (χ1n) is 9.30. The first-order chi connectivity index (χ1) is 11.9. The molecule has 3 N–H and O–H groups in total. The molecule has 0 aliphatic heterocycles. The Bertz CT molecular complexity index is 572. The second kappa shape index (κ2) is 9.20. The summed E-state index contributed by atoms with van der Waals surface area (Å²) in [5.74, 6) is 0.735. The molecule has 5 nitrogen and oxygen atoms in total. The van der Waals surface area contributed by atoms with Gasteiger partial charge in [0.15, 0.2) is 0 Å². The molecule has 0 spiro atoms. The summed E-state index contributed by atoms with van der Waals surface area (Å²) in [6, 6.07) is 6.04. The van der Waals surface area contributed by atoms with E-state index in [9.17, 15) is 4.79 Å². The monoisotopic (exact) mass is 348 g/mol. The Morgan fingerprint density at radius 3 is 2.88 bits per heavy atom. The number of amides is 1. The molecule has 0 radical (unpaired) electrons. The van der Waals surface area contributed by atoms with Crippen LogP contribution in [0.4, 0.5) is 0 Å². The molecule has 0 saturated heterocycles. The van der Waals surface area contributed by atoms with Crippen molar-refractivity contribution in [2.75, 3.05) is 19.8 Å². The van der Waals surface area contributed by atoms with E-state index in [-0.39, 0.29) is 11.8 Å². The molecule has 1 aromatic carbocycles. The Balaban J connectivity index is 1.96. The second-order valence-corrected chi connectivity index (χ2v) is 7.18. The molecular weight excluding hydrogens is 316 g/mol. The summed E-state index contributed by atoms with van der Waals surface area (Å²) in [6.07, 6.45) is 3.94. The van der Waals surface area contributed by atoms with E-state index in [4.69, 9.17) is 15.2 Å². The minimum absolute atomic E-state index is 0.0468. The predicted molar refractivity (Wildman–Crippen MR) is 99.6 cm³/mol. The lowest BCUT2D eigenvalue weighted by molar-refractivity contribution is -0.128. The molecule has 2 unspecified atom stereocenters. The molecule has 1 aliphatic rings. The van der Waals surface area contributed by atoms with E-state index in [0.717, 1.165) is 42.6 Å². The smallest absolute Gasteiger partial charge is 0.225 e. The topological polar surface area (TPSA) is 73.6 Å². The first kappa shape index (κ1) is 19.7. The summed E-state index contributed by atoms with van der Waals surface area (Å²) < 4.78 is 11.2. The van der Waals surface area contributed by atoms with E-state index >= 15 is 0 Å². The number of rotatable bonds is 8. The SMILES string of the molecule is CCOCCOc1cc(C)ccc1CNC(=O)C1CCCCC1(C)N. The first-order valence-corrected chi connectivity index (χ1v) is 9.30. The highest BCUT2D eigenvalue weighted by molar-refractivity contribution is 5.80. The summed E-state index contributed by atoms with van der Waals surface area (Å²) in [6.45, 7) is 8.18. The Morgan fingerprint density at radius 1 is 1.36 bits per heavy atom. The molecule has 1 fully saturated rings. The lowest BCUT2D eigenvalue weighted by Crippen LogP contribution is -2.52. The van der Waals surface area contributed by atoms with Crippen molar-refractivity contribution in [2.45, 2.75) is 58.5 Å². The summed E-state index contributed by atoms with van der Waals surface area (Å²) in [7, 11) is 0. The number of carbonyl (C=O) groups excluding carboxylic acids is 1. The molecule has 1 aromatic rings. The van der Waals surface area contributed by atoms with Crippen molar-refractivity contribution < 1.29 is 14.3 Å². The lowest BCUT2D eigenvalue weighted by Gasteiger charge is -2.37. The van der Waals surface area contributed by atoms with Gasteiger partial charge < -0.3 is 20.5 Å². The lowest BCUT2D eigenvalue weighted by atomic mass is 9.74. The van der Waals surface area contributed by atoms with E-state index in [1.54, 1.807) is 0 Å². The van der Waals surface area contributed by atoms with Gasteiger partial charge >= 0.3 is 0 Å². The van der Waals surface area contributed by atoms with E-state index in [1.165, 1.54) is 0 Å². The van der Waals surface area contributed by atoms with Crippen LogP contribution in [-0.2, 0) is 16.1 Å². The minimum Gasteiger partial charge on any atom is -0.491 e. The molecule has 5 heteroatoms. The fourth-order valence-corrected chi connectivity index (χ4v) is 3.39. The van der Waals surface area contributed by atoms with Gasteiger partial charge in [-0.1, -0.05) is 25.0 Å². The van der Waals surface area contributed by atoms with Gasteiger partial charge in [0.25, 0.3) is 0 Å². The number of nitrogens with two attached hydrogens (primary N) is 1. The van der Waals surface area contributed by atoms with Gasteiger partial charge in [0.05, 0.1) is 12.5 Å². The van der Waals surface area contributed by atoms with Gasteiger partial charge in [0, 0.05) is 24.3 Å². The molecule has 25 heavy (non-hydrogen) atoms. The number of hydrogen-bond donors (Lipinski definition) is 2. The molecule has 1 saturated carbocycles. The van der Waals surface area contributed by atoms with E-state index in [1.807, 2.05) is 39.0 Å². The van der Waals surface area contributed by atoms with Crippen LogP contribution in [0.2, 0.25) is 0 Å². The molecule has 1 aliphatic carbocycles. The van der Waals surface area contributed by atoms with Crippen molar-refractivity contribution in [1.82, 2.24) is 5.32 Å². The molecule has 0 heterocycles. The Morgan fingerprint density at radius 2 is 2.16 bits per heavy atom. The fourth-order valence-electron chi connectivity index (χ4n) is 3.39. The molecular formula is C20H32N2O3. The molecule has 1 amide bonds. The highest BCUT2D eigenvalue weighted by atomic mass is 16.5. The van der Waals surface area contributed by atoms with Gasteiger partial charge in [0.2, 0.25) is 5.91 Å². The maximum atomic E-state index is 12.6. The molecule has 0 bridgehead atoms. The van der Waals surface area contributed by atoms with Crippen molar-refractivity contribution in [3.8, 4) is 5.75 Å². The normalized spacial score (nSPS) is 23.3. The van der Waals surface area contributed by atoms with Crippen molar-refractivity contribution in [3.05, 3.63) is 29.3 Å². The number of ether oxygens (including phenoxy) is 2. The van der Waals surface area contributed by atoms with Crippen molar-refractivity contribution >= 4 is 5.91 Å². The van der Waals surface area contributed by atoms with Gasteiger partial charge in [0.1, 0.15) is 12.4 Å². The fraction of sp³-hybridized carbons (Fsp3) is 0.650. The van der Waals surface area contributed by atoms with Gasteiger partial charge in [-0.05, 0) is 45.2 Å². The van der Waals surface area contributed by atoms with Crippen LogP contribution < -0.4 is 15.8 Å². The van der Waals surface area contributed by atoms with Crippen molar-refractivity contribution in [1.29, 1.82) is 0 Å². The summed E-state index contributed by atoms with van der Waals surface area (Å²) in [4.78, 5) is 12.6. The van der Waals surface area contributed by atoms with Gasteiger partial charge in [-0.3, -0.25) is 4.79 Å². The summed E-state index contributed by atoms with van der Waals surface area (Å²) in [5.41, 5.74) is 8.03. The van der Waals surface area contributed by atoms with Gasteiger partial charge in [-0.15, -0.1) is 0 Å². The average molecular weight is 348 g/mol. The quantitative estimate of drug-likeness (QED) is 0.709. The van der Waals surface area contributed by atoms with Crippen LogP contribution in [-0.4, -0.2) is 31.3 Å². The largest absolute Gasteiger partial charge is 0.491 e. The second-order valence-electron chi connectivity index (χ2n) is 7.18. The summed E-state index contributed by atoms with van der Waals surface area (Å²) >= 11 is 0.